The second-order valence-electron chi connectivity index (χ2n) is 6.68. The van der Waals surface area contributed by atoms with Crippen molar-refractivity contribution in [2.75, 3.05) is 13.2 Å². The Kier molecular flexibility index (Phi) is 5.50. The van der Waals surface area contributed by atoms with E-state index in [0.717, 1.165) is 25.0 Å². The first-order chi connectivity index (χ1) is 8.70. The van der Waals surface area contributed by atoms with Crippen LogP contribution in [0.2, 0.25) is 0 Å². The van der Waals surface area contributed by atoms with Crippen LogP contribution in [0.25, 0.3) is 0 Å². The van der Waals surface area contributed by atoms with Gasteiger partial charge >= 0.3 is 0 Å². The van der Waals surface area contributed by atoms with Crippen molar-refractivity contribution in [3.8, 4) is 0 Å². The van der Waals surface area contributed by atoms with Gasteiger partial charge in [-0.3, -0.25) is 0 Å². The zero-order valence-electron chi connectivity index (χ0n) is 12.5. The van der Waals surface area contributed by atoms with Crippen LogP contribution in [-0.2, 0) is 4.74 Å². The third-order valence-electron chi connectivity index (χ3n) is 4.58. The quantitative estimate of drug-likeness (QED) is 0.748. The van der Waals surface area contributed by atoms with Crippen LogP contribution in [0.1, 0.15) is 59.3 Å². The highest BCUT2D eigenvalue weighted by Crippen LogP contribution is 2.34. The van der Waals surface area contributed by atoms with E-state index in [0.29, 0.717) is 18.1 Å². The van der Waals surface area contributed by atoms with Crippen molar-refractivity contribution >= 4 is 0 Å². The van der Waals surface area contributed by atoms with Crippen molar-refractivity contribution in [3.05, 3.63) is 0 Å². The first kappa shape index (κ1) is 14.3. The summed E-state index contributed by atoms with van der Waals surface area (Å²) in [5.41, 5.74) is 0. The van der Waals surface area contributed by atoms with E-state index in [4.69, 9.17) is 4.74 Å². The van der Waals surface area contributed by atoms with Crippen LogP contribution in [0.3, 0.4) is 0 Å². The summed E-state index contributed by atoms with van der Waals surface area (Å²) in [6.07, 6.45) is 8.46. The minimum absolute atomic E-state index is 0.450. The molecule has 2 fully saturated rings. The molecule has 1 N–H and O–H groups in total. The smallest absolute Gasteiger partial charge is 0.0753 e. The fraction of sp³-hybridized carbons (Fsp3) is 1.00. The van der Waals surface area contributed by atoms with E-state index in [1.807, 2.05) is 0 Å². The molecule has 2 aliphatic carbocycles. The molecule has 0 saturated heterocycles. The summed E-state index contributed by atoms with van der Waals surface area (Å²) in [5.74, 6) is 2.55. The lowest BCUT2D eigenvalue weighted by molar-refractivity contribution is -0.0395. The lowest BCUT2D eigenvalue weighted by atomic mass is 9.78. The molecule has 0 heterocycles. The first-order valence-electron chi connectivity index (χ1n) is 8.05. The minimum Gasteiger partial charge on any atom is -0.376 e. The molecule has 0 radical (unpaired) electrons. The molecule has 18 heavy (non-hydrogen) atoms. The Morgan fingerprint density at radius 2 is 1.94 bits per heavy atom. The third kappa shape index (κ3) is 4.24. The summed E-state index contributed by atoms with van der Waals surface area (Å²) in [5, 5.41) is 3.71. The van der Waals surface area contributed by atoms with Gasteiger partial charge in [0.05, 0.1) is 6.10 Å². The van der Waals surface area contributed by atoms with Crippen LogP contribution < -0.4 is 5.32 Å². The van der Waals surface area contributed by atoms with Gasteiger partial charge in [-0.05, 0) is 50.0 Å². The zero-order chi connectivity index (χ0) is 13.0. The number of ether oxygens (including phenoxy) is 1. The molecule has 0 aromatic carbocycles. The number of nitrogens with one attached hydrogen (secondary N) is 1. The predicted octanol–water partition coefficient (Wildman–Crippen LogP) is 3.61. The van der Waals surface area contributed by atoms with Gasteiger partial charge in [0.2, 0.25) is 0 Å². The molecule has 2 saturated carbocycles. The Labute approximate surface area is 113 Å². The van der Waals surface area contributed by atoms with E-state index in [9.17, 15) is 0 Å². The van der Waals surface area contributed by atoms with E-state index in [2.05, 4.69) is 26.1 Å². The van der Waals surface area contributed by atoms with Crippen molar-refractivity contribution in [2.24, 2.45) is 17.8 Å². The maximum Gasteiger partial charge on any atom is 0.0753 e. The molecule has 0 amide bonds. The first-order valence-corrected chi connectivity index (χ1v) is 8.05. The largest absolute Gasteiger partial charge is 0.376 e. The lowest BCUT2D eigenvalue weighted by Gasteiger charge is -2.40. The molecule has 0 bridgehead atoms. The monoisotopic (exact) mass is 253 g/mol. The van der Waals surface area contributed by atoms with Crippen molar-refractivity contribution in [3.63, 3.8) is 0 Å². The topological polar surface area (TPSA) is 21.3 Å². The summed E-state index contributed by atoms with van der Waals surface area (Å²) in [7, 11) is 0. The van der Waals surface area contributed by atoms with Crippen LogP contribution in [0.15, 0.2) is 0 Å². The summed E-state index contributed by atoms with van der Waals surface area (Å²) >= 11 is 0. The Hall–Kier alpha value is -0.0800. The average Bonchev–Trinajstić information content (AvgIpc) is 3.13. The predicted molar refractivity (Wildman–Crippen MR) is 76.7 cm³/mol. The van der Waals surface area contributed by atoms with Gasteiger partial charge < -0.3 is 10.1 Å². The molecular formula is C16H31NO. The highest BCUT2D eigenvalue weighted by molar-refractivity contribution is 4.89. The summed E-state index contributed by atoms with van der Waals surface area (Å²) < 4.78 is 6.24. The van der Waals surface area contributed by atoms with Gasteiger partial charge in [-0.2, -0.15) is 0 Å². The fourth-order valence-electron chi connectivity index (χ4n) is 3.42. The van der Waals surface area contributed by atoms with E-state index < -0.39 is 0 Å². The third-order valence-corrected chi connectivity index (χ3v) is 4.58. The van der Waals surface area contributed by atoms with E-state index in [1.54, 1.807) is 0 Å². The van der Waals surface area contributed by atoms with Gasteiger partial charge in [-0.25, -0.2) is 0 Å². The van der Waals surface area contributed by atoms with Crippen LogP contribution in [0.4, 0.5) is 0 Å². The molecule has 0 aromatic rings. The second-order valence-corrected chi connectivity index (χ2v) is 6.68. The molecule has 2 heteroatoms. The van der Waals surface area contributed by atoms with Gasteiger partial charge in [-0.1, -0.05) is 33.6 Å². The average molecular weight is 253 g/mol. The molecule has 0 aromatic heterocycles. The van der Waals surface area contributed by atoms with Gasteiger partial charge in [0, 0.05) is 12.6 Å². The second kappa shape index (κ2) is 6.91. The molecule has 2 rings (SSSR count). The maximum absolute atomic E-state index is 6.24. The van der Waals surface area contributed by atoms with Gasteiger partial charge in [0.15, 0.2) is 0 Å². The van der Waals surface area contributed by atoms with Crippen molar-refractivity contribution in [2.45, 2.75) is 71.4 Å². The standard InChI is InChI=1S/C16H31NO/c1-4-8-17-15-11-12(2)10-13(3)16(15)18-9-7-14-5-6-14/h12-17H,4-11H2,1-3H3. The summed E-state index contributed by atoms with van der Waals surface area (Å²) in [4.78, 5) is 0. The summed E-state index contributed by atoms with van der Waals surface area (Å²) in [6.45, 7) is 9.12. The molecular weight excluding hydrogens is 222 g/mol. The van der Waals surface area contributed by atoms with Crippen LogP contribution >= 0.6 is 0 Å². The summed E-state index contributed by atoms with van der Waals surface area (Å²) in [6, 6.07) is 0.586. The molecule has 0 aliphatic heterocycles. The van der Waals surface area contributed by atoms with Crippen LogP contribution in [-0.4, -0.2) is 25.3 Å². The van der Waals surface area contributed by atoms with E-state index in [-0.39, 0.29) is 0 Å². The Morgan fingerprint density at radius 3 is 2.61 bits per heavy atom. The van der Waals surface area contributed by atoms with Crippen molar-refractivity contribution in [1.29, 1.82) is 0 Å². The van der Waals surface area contributed by atoms with Crippen LogP contribution in [0.5, 0.6) is 0 Å². The van der Waals surface area contributed by atoms with E-state index in [1.165, 1.54) is 38.5 Å². The Bertz CT molecular complexity index is 239. The number of hydrogen-bond donors (Lipinski definition) is 1. The molecule has 4 atom stereocenters. The Balaban J connectivity index is 1.79. The molecule has 2 aliphatic rings. The van der Waals surface area contributed by atoms with Gasteiger partial charge in [-0.15, -0.1) is 0 Å². The van der Waals surface area contributed by atoms with Crippen LogP contribution in [0, 0.1) is 17.8 Å². The highest BCUT2D eigenvalue weighted by atomic mass is 16.5. The van der Waals surface area contributed by atoms with Gasteiger partial charge in [0.25, 0.3) is 0 Å². The number of rotatable bonds is 7. The SMILES string of the molecule is CCCNC1CC(C)CC(C)C1OCCC1CC1. The fourth-order valence-corrected chi connectivity index (χ4v) is 3.42. The molecule has 4 unspecified atom stereocenters. The molecule has 106 valence electrons. The minimum atomic E-state index is 0.450. The van der Waals surface area contributed by atoms with E-state index >= 15 is 0 Å². The molecule has 0 spiro atoms. The van der Waals surface area contributed by atoms with Crippen molar-refractivity contribution < 1.29 is 4.74 Å². The lowest BCUT2D eigenvalue weighted by Crippen LogP contribution is -2.49. The zero-order valence-corrected chi connectivity index (χ0v) is 12.5. The molecule has 2 nitrogen and oxygen atoms in total. The number of hydrogen-bond acceptors (Lipinski definition) is 2. The van der Waals surface area contributed by atoms with Gasteiger partial charge in [0.1, 0.15) is 0 Å². The van der Waals surface area contributed by atoms with Crippen molar-refractivity contribution in [1.82, 2.24) is 5.32 Å². The highest BCUT2D eigenvalue weighted by Gasteiger charge is 2.34. The maximum atomic E-state index is 6.24. The Morgan fingerprint density at radius 1 is 1.17 bits per heavy atom. The normalized spacial score (nSPS) is 36.8.